The number of amides is 2. The molecule has 0 saturated carbocycles. The van der Waals surface area contributed by atoms with Crippen LogP contribution in [0.3, 0.4) is 0 Å². The molecule has 1 saturated heterocycles. The molecule has 4 aromatic rings. The number of ether oxygens (including phenoxy) is 3. The Morgan fingerprint density at radius 2 is 1.75 bits per heavy atom. The summed E-state index contributed by atoms with van der Waals surface area (Å²) in [4.78, 5) is 27.1. The molecule has 8 nitrogen and oxygen atoms in total. The van der Waals surface area contributed by atoms with E-state index < -0.39 is 5.60 Å². The lowest BCUT2D eigenvalue weighted by atomic mass is 10.1. The highest BCUT2D eigenvalue weighted by atomic mass is 32.1. The van der Waals surface area contributed by atoms with Gasteiger partial charge in [-0.05, 0) is 56.5 Å². The summed E-state index contributed by atoms with van der Waals surface area (Å²) in [7, 11) is 1.90. The van der Waals surface area contributed by atoms with E-state index in [4.69, 9.17) is 14.2 Å². The summed E-state index contributed by atoms with van der Waals surface area (Å²) in [5.41, 5.74) is 2.73. The number of nitrogens with one attached hydrogen (secondary N) is 1. The Balaban J connectivity index is 1.16. The molecule has 2 amide bonds. The molecular formula is C31H35N3O5S. The van der Waals surface area contributed by atoms with Crippen LogP contribution in [-0.4, -0.2) is 46.3 Å². The van der Waals surface area contributed by atoms with Gasteiger partial charge in [-0.15, -0.1) is 11.3 Å². The average Bonchev–Trinajstić information content (AvgIpc) is 3.51. The van der Waals surface area contributed by atoms with Gasteiger partial charge in [-0.1, -0.05) is 24.3 Å². The van der Waals surface area contributed by atoms with E-state index in [2.05, 4.69) is 5.32 Å². The maximum absolute atomic E-state index is 13.1. The molecule has 1 N–H and O–H groups in total. The van der Waals surface area contributed by atoms with Crippen LogP contribution in [0.2, 0.25) is 0 Å². The third kappa shape index (κ3) is 6.59. The number of fused-ring (bicyclic) bond motifs is 1. The van der Waals surface area contributed by atoms with Gasteiger partial charge >= 0.3 is 6.09 Å². The van der Waals surface area contributed by atoms with Gasteiger partial charge < -0.3 is 29.0 Å². The van der Waals surface area contributed by atoms with Gasteiger partial charge in [0.25, 0.3) is 5.91 Å². The standard InChI is InChI=1S/C31H35N3O5S/c1-31(2,3)39-30(36)34-15-12-22(13-16-34)38-24-10-7-9-23(18-24)37-20-21-8-5-6-11-25(21)32-29(35)27-19-28-26(33(27)4)14-17-40-28/h5-11,14,17-19,22H,12-13,15-16,20H2,1-4H3,(H,32,35). The molecule has 0 radical (unpaired) electrons. The minimum atomic E-state index is -0.504. The fourth-order valence-corrected chi connectivity index (χ4v) is 5.54. The van der Waals surface area contributed by atoms with Gasteiger partial charge in [0.1, 0.15) is 35.5 Å². The van der Waals surface area contributed by atoms with Crippen LogP contribution in [0.5, 0.6) is 11.5 Å². The largest absolute Gasteiger partial charge is 0.490 e. The molecule has 5 rings (SSSR count). The molecule has 2 aromatic carbocycles. The Morgan fingerprint density at radius 1 is 1.00 bits per heavy atom. The Hall–Kier alpha value is -3.98. The minimum Gasteiger partial charge on any atom is -0.490 e. The SMILES string of the molecule is Cn1c(C(=O)Nc2ccccc2COc2cccc(OC3CCN(C(=O)OC(C)(C)C)CC3)c2)cc2sccc21. The molecule has 0 unspecified atom stereocenters. The lowest BCUT2D eigenvalue weighted by Crippen LogP contribution is -2.44. The van der Waals surface area contributed by atoms with Crippen LogP contribution >= 0.6 is 11.3 Å². The highest BCUT2D eigenvalue weighted by Gasteiger charge is 2.27. The molecule has 2 aromatic heterocycles. The molecule has 1 aliphatic heterocycles. The number of aryl methyl sites for hydroxylation is 1. The van der Waals surface area contributed by atoms with Gasteiger partial charge in [-0.25, -0.2) is 4.79 Å². The van der Waals surface area contributed by atoms with Crippen LogP contribution in [0.15, 0.2) is 66.0 Å². The highest BCUT2D eigenvalue weighted by molar-refractivity contribution is 7.17. The van der Waals surface area contributed by atoms with E-state index in [0.29, 0.717) is 30.2 Å². The molecule has 0 atom stereocenters. The van der Waals surface area contributed by atoms with Crippen molar-refractivity contribution in [3.63, 3.8) is 0 Å². The molecule has 9 heteroatoms. The van der Waals surface area contributed by atoms with Crippen molar-refractivity contribution < 1.29 is 23.8 Å². The lowest BCUT2D eigenvalue weighted by Gasteiger charge is -2.33. The average molecular weight is 562 g/mol. The molecule has 210 valence electrons. The van der Waals surface area contributed by atoms with Crippen molar-refractivity contribution in [2.75, 3.05) is 18.4 Å². The zero-order chi connectivity index (χ0) is 28.3. The number of carbonyl (C=O) groups is 2. The second kappa shape index (κ2) is 11.6. The van der Waals surface area contributed by atoms with E-state index in [1.807, 2.05) is 98.4 Å². The van der Waals surface area contributed by atoms with Crippen molar-refractivity contribution in [3.05, 3.63) is 77.3 Å². The van der Waals surface area contributed by atoms with Gasteiger partial charge in [0.15, 0.2) is 0 Å². The fraction of sp³-hybridized carbons (Fsp3) is 0.355. The maximum Gasteiger partial charge on any atom is 0.410 e. The van der Waals surface area contributed by atoms with E-state index in [1.165, 1.54) is 0 Å². The number of nitrogens with zero attached hydrogens (tertiary/aromatic N) is 2. The number of hydrogen-bond acceptors (Lipinski definition) is 6. The Kier molecular flexibility index (Phi) is 8.02. The smallest absolute Gasteiger partial charge is 0.410 e. The van der Waals surface area contributed by atoms with Crippen LogP contribution in [0.1, 0.15) is 49.7 Å². The summed E-state index contributed by atoms with van der Waals surface area (Å²) < 4.78 is 20.8. The first-order valence-electron chi connectivity index (χ1n) is 13.5. The number of rotatable bonds is 7. The van der Waals surface area contributed by atoms with Gasteiger partial charge in [0.2, 0.25) is 0 Å². The number of piperidine rings is 1. The number of anilines is 1. The number of likely N-dealkylation sites (tertiary alicyclic amines) is 1. The molecular weight excluding hydrogens is 526 g/mol. The second-order valence-electron chi connectivity index (χ2n) is 10.9. The third-order valence-corrected chi connectivity index (χ3v) is 7.61. The first-order valence-corrected chi connectivity index (χ1v) is 14.3. The first kappa shape index (κ1) is 27.6. The summed E-state index contributed by atoms with van der Waals surface area (Å²) in [5, 5.41) is 5.07. The number of benzene rings is 2. The zero-order valence-corrected chi connectivity index (χ0v) is 24.1. The Labute approximate surface area is 238 Å². The summed E-state index contributed by atoms with van der Waals surface area (Å²) in [5.74, 6) is 1.23. The Morgan fingerprint density at radius 3 is 2.50 bits per heavy atom. The number of thiophene rings is 1. The van der Waals surface area contributed by atoms with E-state index in [0.717, 1.165) is 34.4 Å². The summed E-state index contributed by atoms with van der Waals surface area (Å²) in [6, 6.07) is 19.1. The first-order chi connectivity index (χ1) is 19.2. The number of para-hydroxylation sites is 1. The van der Waals surface area contributed by atoms with Crippen LogP contribution in [0.4, 0.5) is 10.5 Å². The second-order valence-corrected chi connectivity index (χ2v) is 11.9. The van der Waals surface area contributed by atoms with Gasteiger partial charge in [0.05, 0.1) is 10.2 Å². The summed E-state index contributed by atoms with van der Waals surface area (Å²) >= 11 is 1.62. The van der Waals surface area contributed by atoms with Crippen molar-refractivity contribution in [1.29, 1.82) is 0 Å². The molecule has 1 fully saturated rings. The number of aromatic nitrogens is 1. The molecule has 0 spiro atoms. The van der Waals surface area contributed by atoms with E-state index in [1.54, 1.807) is 16.2 Å². The van der Waals surface area contributed by atoms with Crippen LogP contribution in [0.25, 0.3) is 10.2 Å². The molecule has 0 aliphatic carbocycles. The Bertz CT molecular complexity index is 1490. The predicted octanol–water partition coefficient (Wildman–Crippen LogP) is 6.85. The molecule has 3 heterocycles. The summed E-state index contributed by atoms with van der Waals surface area (Å²) in [6.07, 6.45) is 1.20. The van der Waals surface area contributed by atoms with Crippen molar-refractivity contribution in [1.82, 2.24) is 9.47 Å². The third-order valence-electron chi connectivity index (χ3n) is 6.76. The maximum atomic E-state index is 13.1. The lowest BCUT2D eigenvalue weighted by molar-refractivity contribution is 0.0126. The van der Waals surface area contributed by atoms with Crippen molar-refractivity contribution in [2.45, 2.75) is 51.9 Å². The number of hydrogen-bond donors (Lipinski definition) is 1. The fourth-order valence-electron chi connectivity index (χ4n) is 4.70. The van der Waals surface area contributed by atoms with E-state index in [-0.39, 0.29) is 24.7 Å². The summed E-state index contributed by atoms with van der Waals surface area (Å²) in [6.45, 7) is 7.10. The van der Waals surface area contributed by atoms with E-state index >= 15 is 0 Å². The van der Waals surface area contributed by atoms with E-state index in [9.17, 15) is 9.59 Å². The highest BCUT2D eigenvalue weighted by Crippen LogP contribution is 2.27. The predicted molar refractivity (Wildman–Crippen MR) is 157 cm³/mol. The normalized spacial score (nSPS) is 14.2. The zero-order valence-electron chi connectivity index (χ0n) is 23.3. The molecule has 1 aliphatic rings. The van der Waals surface area contributed by atoms with Crippen molar-refractivity contribution in [2.24, 2.45) is 7.05 Å². The van der Waals surface area contributed by atoms with Crippen molar-refractivity contribution in [3.8, 4) is 11.5 Å². The van der Waals surface area contributed by atoms with Crippen molar-refractivity contribution >= 4 is 39.2 Å². The van der Waals surface area contributed by atoms with Gasteiger partial charge in [-0.2, -0.15) is 0 Å². The van der Waals surface area contributed by atoms with Gasteiger partial charge in [-0.3, -0.25) is 4.79 Å². The van der Waals surface area contributed by atoms with Crippen LogP contribution in [-0.2, 0) is 18.4 Å². The quantitative estimate of drug-likeness (QED) is 0.267. The monoisotopic (exact) mass is 561 g/mol. The molecule has 40 heavy (non-hydrogen) atoms. The van der Waals surface area contributed by atoms with Gasteiger partial charge in [0, 0.05) is 50.3 Å². The van der Waals surface area contributed by atoms with Crippen LogP contribution < -0.4 is 14.8 Å². The topological polar surface area (TPSA) is 82.0 Å². The minimum absolute atomic E-state index is 0.0117. The molecule has 0 bridgehead atoms. The van der Waals surface area contributed by atoms with Crippen LogP contribution in [0, 0.1) is 0 Å². The number of carbonyl (C=O) groups excluding carboxylic acids is 2.